The first-order valence-electron chi connectivity index (χ1n) is 6.05. The van der Waals surface area contributed by atoms with Crippen LogP contribution in [0.25, 0.3) is 0 Å². The highest BCUT2D eigenvalue weighted by atomic mass is 15.0. The molecule has 0 unspecified atom stereocenters. The van der Waals surface area contributed by atoms with Crippen LogP contribution in [0, 0.1) is 0 Å². The van der Waals surface area contributed by atoms with Crippen molar-refractivity contribution in [1.29, 1.82) is 0 Å². The van der Waals surface area contributed by atoms with Gasteiger partial charge in [-0.3, -0.25) is 0 Å². The van der Waals surface area contributed by atoms with E-state index in [1.54, 1.807) is 11.1 Å². The van der Waals surface area contributed by atoms with Gasteiger partial charge in [-0.25, -0.2) is 0 Å². The number of benzene rings is 1. The lowest BCUT2D eigenvalue weighted by Crippen LogP contribution is -2.55. The lowest BCUT2D eigenvalue weighted by Gasteiger charge is -2.40. The van der Waals surface area contributed by atoms with Crippen molar-refractivity contribution in [3.63, 3.8) is 0 Å². The van der Waals surface area contributed by atoms with Gasteiger partial charge >= 0.3 is 0 Å². The number of nitrogens with one attached hydrogen (secondary N) is 1. The van der Waals surface area contributed by atoms with Gasteiger partial charge < -0.3 is 5.32 Å². The van der Waals surface area contributed by atoms with E-state index in [0.717, 1.165) is 0 Å². The highest BCUT2D eigenvalue weighted by Crippen LogP contribution is 2.42. The zero-order valence-corrected chi connectivity index (χ0v) is 9.64. The van der Waals surface area contributed by atoms with Crippen LogP contribution < -0.4 is 5.32 Å². The molecule has 15 heavy (non-hydrogen) atoms. The molecule has 2 aliphatic rings. The number of hydrogen-bond acceptors (Lipinski definition) is 1. The van der Waals surface area contributed by atoms with Crippen LogP contribution in [0.3, 0.4) is 0 Å². The van der Waals surface area contributed by atoms with Crippen LogP contribution in [0.4, 0.5) is 0 Å². The van der Waals surface area contributed by atoms with E-state index in [1.165, 1.54) is 31.5 Å². The summed E-state index contributed by atoms with van der Waals surface area (Å²) in [5, 5.41) is 3.43. The largest absolute Gasteiger partial charge is 0.315 e. The molecule has 1 heterocycles. The Balaban J connectivity index is 2.06. The van der Waals surface area contributed by atoms with Gasteiger partial charge in [0.2, 0.25) is 0 Å². The molecular formula is C14H19N. The second-order valence-electron chi connectivity index (χ2n) is 5.46. The van der Waals surface area contributed by atoms with Crippen molar-refractivity contribution < 1.29 is 0 Å². The molecule has 1 aromatic rings. The quantitative estimate of drug-likeness (QED) is 0.736. The van der Waals surface area contributed by atoms with E-state index in [1.807, 2.05) is 0 Å². The summed E-state index contributed by atoms with van der Waals surface area (Å²) in [7, 11) is 0. The average Bonchev–Trinajstić information content (AvgIpc) is 2.54. The summed E-state index contributed by atoms with van der Waals surface area (Å²) in [6.45, 7) is 6.95. The van der Waals surface area contributed by atoms with Crippen LogP contribution in [0.1, 0.15) is 42.9 Å². The summed E-state index contributed by atoms with van der Waals surface area (Å²) in [5.74, 6) is 0.654. The molecule has 1 saturated heterocycles. The van der Waals surface area contributed by atoms with Crippen molar-refractivity contribution in [2.45, 2.75) is 38.0 Å². The van der Waals surface area contributed by atoms with Crippen molar-refractivity contribution >= 4 is 0 Å². The maximum atomic E-state index is 3.43. The van der Waals surface area contributed by atoms with Crippen molar-refractivity contribution in [2.75, 3.05) is 13.1 Å². The lowest BCUT2D eigenvalue weighted by molar-refractivity contribution is 0.276. The Labute approximate surface area is 91.9 Å². The van der Waals surface area contributed by atoms with Gasteiger partial charge in [0.25, 0.3) is 0 Å². The second-order valence-corrected chi connectivity index (χ2v) is 5.46. The summed E-state index contributed by atoms with van der Waals surface area (Å²) < 4.78 is 0. The topological polar surface area (TPSA) is 12.0 Å². The highest BCUT2D eigenvalue weighted by Gasteiger charge is 2.43. The SMILES string of the molecule is CC(C)c1ccc2c(c1)C1(CC2)CNC1. The van der Waals surface area contributed by atoms with E-state index in [2.05, 4.69) is 37.4 Å². The predicted molar refractivity (Wildman–Crippen MR) is 63.4 cm³/mol. The van der Waals surface area contributed by atoms with E-state index in [9.17, 15) is 0 Å². The first kappa shape index (κ1) is 9.41. The number of rotatable bonds is 1. The van der Waals surface area contributed by atoms with Crippen LogP contribution in [0.15, 0.2) is 18.2 Å². The van der Waals surface area contributed by atoms with E-state index >= 15 is 0 Å². The number of aryl methyl sites for hydroxylation is 1. The van der Waals surface area contributed by atoms with E-state index in [0.29, 0.717) is 11.3 Å². The molecule has 1 aliphatic carbocycles. The molecule has 0 radical (unpaired) electrons. The minimum Gasteiger partial charge on any atom is -0.315 e. The Morgan fingerprint density at radius 2 is 2.07 bits per heavy atom. The van der Waals surface area contributed by atoms with Gasteiger partial charge in [0.15, 0.2) is 0 Å². The molecule has 1 fully saturated rings. The van der Waals surface area contributed by atoms with Gasteiger partial charge in [0.1, 0.15) is 0 Å². The van der Waals surface area contributed by atoms with Gasteiger partial charge in [0.05, 0.1) is 0 Å². The standard InChI is InChI=1S/C14H19N/c1-10(2)12-4-3-11-5-6-14(8-15-9-14)13(11)7-12/h3-4,7,10,15H,5-6,8-9H2,1-2H3. The summed E-state index contributed by atoms with van der Waals surface area (Å²) in [6, 6.07) is 7.14. The van der Waals surface area contributed by atoms with E-state index < -0.39 is 0 Å². The molecule has 0 amide bonds. The monoisotopic (exact) mass is 201 g/mol. The molecule has 0 bridgehead atoms. The van der Waals surface area contributed by atoms with Gasteiger partial charge in [-0.15, -0.1) is 0 Å². The maximum Gasteiger partial charge on any atom is 0.0208 e. The van der Waals surface area contributed by atoms with Crippen LogP contribution in [0.2, 0.25) is 0 Å². The van der Waals surface area contributed by atoms with Crippen molar-refractivity contribution in [3.05, 3.63) is 34.9 Å². The van der Waals surface area contributed by atoms with Crippen LogP contribution in [-0.2, 0) is 11.8 Å². The van der Waals surface area contributed by atoms with E-state index in [4.69, 9.17) is 0 Å². The fourth-order valence-electron chi connectivity index (χ4n) is 2.97. The zero-order valence-electron chi connectivity index (χ0n) is 9.64. The third-order valence-corrected chi connectivity index (χ3v) is 4.17. The molecule has 3 rings (SSSR count). The Morgan fingerprint density at radius 1 is 1.27 bits per heavy atom. The molecule has 1 N–H and O–H groups in total. The summed E-state index contributed by atoms with van der Waals surface area (Å²) in [4.78, 5) is 0. The molecule has 1 aliphatic heterocycles. The fourth-order valence-corrected chi connectivity index (χ4v) is 2.97. The first-order chi connectivity index (χ1) is 7.21. The Hall–Kier alpha value is -0.820. The van der Waals surface area contributed by atoms with Gasteiger partial charge in [-0.2, -0.15) is 0 Å². The smallest absolute Gasteiger partial charge is 0.0208 e. The predicted octanol–water partition coefficient (Wildman–Crippen LogP) is 2.60. The first-order valence-corrected chi connectivity index (χ1v) is 6.05. The summed E-state index contributed by atoms with van der Waals surface area (Å²) >= 11 is 0. The molecule has 1 aromatic carbocycles. The maximum absolute atomic E-state index is 3.43. The van der Waals surface area contributed by atoms with Gasteiger partial charge in [-0.1, -0.05) is 32.0 Å². The second kappa shape index (κ2) is 3.08. The number of fused-ring (bicyclic) bond motifs is 2. The summed E-state index contributed by atoms with van der Waals surface area (Å²) in [5.41, 5.74) is 5.26. The molecule has 0 aromatic heterocycles. The van der Waals surface area contributed by atoms with Crippen molar-refractivity contribution in [1.82, 2.24) is 5.32 Å². The highest BCUT2D eigenvalue weighted by molar-refractivity contribution is 5.45. The van der Waals surface area contributed by atoms with E-state index in [-0.39, 0.29) is 0 Å². The normalized spacial score (nSPS) is 21.8. The lowest BCUT2D eigenvalue weighted by atomic mass is 9.76. The van der Waals surface area contributed by atoms with Crippen molar-refractivity contribution in [3.8, 4) is 0 Å². The third-order valence-electron chi connectivity index (χ3n) is 4.17. The molecular weight excluding hydrogens is 182 g/mol. The molecule has 1 nitrogen and oxygen atoms in total. The van der Waals surface area contributed by atoms with Crippen LogP contribution >= 0.6 is 0 Å². The molecule has 1 spiro atoms. The molecule has 1 heteroatoms. The van der Waals surface area contributed by atoms with Crippen LogP contribution in [-0.4, -0.2) is 13.1 Å². The Morgan fingerprint density at radius 3 is 2.67 bits per heavy atom. The van der Waals surface area contributed by atoms with Crippen molar-refractivity contribution in [2.24, 2.45) is 0 Å². The summed E-state index contributed by atoms with van der Waals surface area (Å²) in [6.07, 6.45) is 2.65. The third kappa shape index (κ3) is 1.26. The molecule has 0 saturated carbocycles. The van der Waals surface area contributed by atoms with Crippen LogP contribution in [0.5, 0.6) is 0 Å². The van der Waals surface area contributed by atoms with Gasteiger partial charge in [0, 0.05) is 18.5 Å². The minimum absolute atomic E-state index is 0.514. The average molecular weight is 201 g/mol. The fraction of sp³-hybridized carbons (Fsp3) is 0.571. The molecule has 0 atom stereocenters. The van der Waals surface area contributed by atoms with Gasteiger partial charge in [-0.05, 0) is 35.4 Å². The zero-order chi connectivity index (χ0) is 10.5. The Kier molecular flexibility index (Phi) is 1.93. The molecule has 80 valence electrons. The number of hydrogen-bond donors (Lipinski definition) is 1. The minimum atomic E-state index is 0.514. The Bertz CT molecular complexity index is 388.